The number of carbonyl (C=O) groups is 1. The second-order valence-electron chi connectivity index (χ2n) is 5.59. The number of hydrazone groups is 1. The van der Waals surface area contributed by atoms with Crippen molar-refractivity contribution in [2.75, 3.05) is 0 Å². The van der Waals surface area contributed by atoms with Crippen molar-refractivity contribution < 1.29 is 18.7 Å². The maximum Gasteiger partial charge on any atom is 0.310 e. The van der Waals surface area contributed by atoms with Gasteiger partial charge < -0.3 is 13.9 Å². The Morgan fingerprint density at radius 3 is 2.80 bits per heavy atom. The molecule has 3 heterocycles. The summed E-state index contributed by atoms with van der Waals surface area (Å²) < 4.78 is 11.3. The van der Waals surface area contributed by atoms with E-state index in [-0.39, 0.29) is 23.5 Å². The largest absolute Gasteiger partial charge is 0.508 e. The van der Waals surface area contributed by atoms with Crippen molar-refractivity contribution >= 4 is 27.5 Å². The first-order valence-electron chi connectivity index (χ1n) is 7.61. The third kappa shape index (κ3) is 2.98. The molecule has 25 heavy (non-hydrogen) atoms. The zero-order chi connectivity index (χ0) is 17.4. The number of benzene rings is 1. The average molecular weight is 401 g/mol. The van der Waals surface area contributed by atoms with Crippen LogP contribution in [0.25, 0.3) is 0 Å². The van der Waals surface area contributed by atoms with Crippen LogP contribution in [-0.4, -0.2) is 21.7 Å². The molecule has 1 amide bonds. The molecule has 3 aromatic rings. The van der Waals surface area contributed by atoms with Gasteiger partial charge in [0.2, 0.25) is 0 Å². The van der Waals surface area contributed by atoms with E-state index in [0.29, 0.717) is 22.6 Å². The molecule has 1 aliphatic heterocycles. The Morgan fingerprint density at radius 1 is 1.24 bits per heavy atom. The molecule has 2 aromatic heterocycles. The topological polar surface area (TPSA) is 79.2 Å². The van der Waals surface area contributed by atoms with Crippen molar-refractivity contribution in [1.82, 2.24) is 5.01 Å². The zero-order valence-electron chi connectivity index (χ0n) is 12.9. The van der Waals surface area contributed by atoms with Crippen LogP contribution in [-0.2, 0) is 0 Å². The van der Waals surface area contributed by atoms with Crippen molar-refractivity contribution in [3.63, 3.8) is 0 Å². The van der Waals surface area contributed by atoms with Gasteiger partial charge in [-0.3, -0.25) is 4.79 Å². The van der Waals surface area contributed by atoms with E-state index in [1.54, 1.807) is 48.7 Å². The van der Waals surface area contributed by atoms with Gasteiger partial charge in [0.05, 0.1) is 12.3 Å². The normalized spacial score (nSPS) is 16.9. The van der Waals surface area contributed by atoms with Crippen LogP contribution < -0.4 is 0 Å². The smallest absolute Gasteiger partial charge is 0.310 e. The van der Waals surface area contributed by atoms with Gasteiger partial charge >= 0.3 is 5.91 Å². The lowest BCUT2D eigenvalue weighted by molar-refractivity contribution is 0.0677. The molecular formula is C18H13BrN2O4. The Hall–Kier alpha value is -2.80. The number of rotatable bonds is 3. The summed E-state index contributed by atoms with van der Waals surface area (Å²) in [6, 6.07) is 13.3. The standard InChI is InChI=1S/C18H13BrN2O4/c19-17-7-6-16(25-17)18(23)21-14(11-3-1-4-12(22)9-11)10-13(20-21)15-5-2-8-24-15/h1-9,14,22H,10H2/t14-/m1/s1. The van der Waals surface area contributed by atoms with E-state index in [1.165, 1.54) is 5.01 Å². The fourth-order valence-corrected chi connectivity index (χ4v) is 3.13. The van der Waals surface area contributed by atoms with E-state index in [1.807, 2.05) is 6.07 Å². The second kappa shape index (κ2) is 6.25. The van der Waals surface area contributed by atoms with Gasteiger partial charge in [0.25, 0.3) is 0 Å². The lowest BCUT2D eigenvalue weighted by atomic mass is 10.0. The molecule has 0 bridgehead atoms. The Balaban J connectivity index is 1.73. The summed E-state index contributed by atoms with van der Waals surface area (Å²) in [7, 11) is 0. The molecule has 4 rings (SSSR count). The van der Waals surface area contributed by atoms with Crippen molar-refractivity contribution in [3.8, 4) is 5.75 Å². The average Bonchev–Trinajstić information content (AvgIpc) is 3.34. The molecule has 0 unspecified atom stereocenters. The van der Waals surface area contributed by atoms with Crippen molar-refractivity contribution in [1.29, 1.82) is 0 Å². The molecule has 1 aromatic carbocycles. The maximum absolute atomic E-state index is 12.9. The molecule has 6 nitrogen and oxygen atoms in total. The first-order valence-corrected chi connectivity index (χ1v) is 8.40. The number of hydrogen-bond acceptors (Lipinski definition) is 5. The summed E-state index contributed by atoms with van der Waals surface area (Å²) in [6.45, 7) is 0. The summed E-state index contributed by atoms with van der Waals surface area (Å²) in [5.41, 5.74) is 1.45. The molecule has 0 radical (unpaired) electrons. The molecule has 0 spiro atoms. The highest BCUT2D eigenvalue weighted by atomic mass is 79.9. The number of aromatic hydroxyl groups is 1. The number of amides is 1. The van der Waals surface area contributed by atoms with Crippen LogP contribution in [0.4, 0.5) is 0 Å². The Labute approximate surface area is 151 Å². The first kappa shape index (κ1) is 15.7. The van der Waals surface area contributed by atoms with Gasteiger partial charge in [-0.1, -0.05) is 12.1 Å². The molecular weight excluding hydrogens is 388 g/mol. The second-order valence-corrected chi connectivity index (χ2v) is 6.37. The highest BCUT2D eigenvalue weighted by molar-refractivity contribution is 9.10. The van der Waals surface area contributed by atoms with Crippen LogP contribution in [0.5, 0.6) is 5.75 Å². The van der Waals surface area contributed by atoms with E-state index in [0.717, 1.165) is 5.56 Å². The molecule has 1 aliphatic rings. The van der Waals surface area contributed by atoms with Crippen LogP contribution in [0.3, 0.4) is 0 Å². The third-order valence-electron chi connectivity index (χ3n) is 3.96. The number of phenols is 1. The summed E-state index contributed by atoms with van der Waals surface area (Å²) in [5.74, 6) is 0.570. The molecule has 126 valence electrons. The van der Waals surface area contributed by atoms with Crippen LogP contribution >= 0.6 is 15.9 Å². The molecule has 1 N–H and O–H groups in total. The fraction of sp³-hybridized carbons (Fsp3) is 0.111. The predicted molar refractivity (Wildman–Crippen MR) is 93.3 cm³/mol. The zero-order valence-corrected chi connectivity index (χ0v) is 14.5. The molecule has 1 atom stereocenters. The molecule has 0 fully saturated rings. The van der Waals surface area contributed by atoms with Crippen LogP contribution in [0.1, 0.15) is 34.3 Å². The number of phenolic OH excluding ortho intramolecular Hbond substituents is 1. The number of halogens is 1. The molecule has 0 saturated heterocycles. The summed E-state index contributed by atoms with van der Waals surface area (Å²) in [4.78, 5) is 12.9. The lowest BCUT2D eigenvalue weighted by Gasteiger charge is -2.21. The van der Waals surface area contributed by atoms with Gasteiger partial charge in [-0.05, 0) is 57.9 Å². The number of hydrogen-bond donors (Lipinski definition) is 1. The fourth-order valence-electron chi connectivity index (χ4n) is 2.82. The SMILES string of the molecule is O=C(c1ccc(Br)o1)N1N=C(c2ccco2)C[C@@H]1c1cccc(O)c1. The van der Waals surface area contributed by atoms with Gasteiger partial charge in [-0.15, -0.1) is 0 Å². The van der Waals surface area contributed by atoms with E-state index in [9.17, 15) is 9.90 Å². The minimum atomic E-state index is -0.361. The van der Waals surface area contributed by atoms with Crippen LogP contribution in [0.15, 0.2) is 73.4 Å². The van der Waals surface area contributed by atoms with Crippen LogP contribution in [0.2, 0.25) is 0 Å². The number of nitrogens with zero attached hydrogens (tertiary/aromatic N) is 2. The van der Waals surface area contributed by atoms with Gasteiger partial charge in [0.1, 0.15) is 17.2 Å². The first-order chi connectivity index (χ1) is 12.1. The molecule has 7 heteroatoms. The van der Waals surface area contributed by atoms with E-state index in [4.69, 9.17) is 8.83 Å². The Bertz CT molecular complexity index is 946. The van der Waals surface area contributed by atoms with Gasteiger partial charge in [0, 0.05) is 6.42 Å². The van der Waals surface area contributed by atoms with Gasteiger partial charge in [0.15, 0.2) is 10.4 Å². The summed E-state index contributed by atoms with van der Waals surface area (Å²) >= 11 is 3.20. The third-order valence-corrected chi connectivity index (χ3v) is 4.39. The lowest BCUT2D eigenvalue weighted by Crippen LogP contribution is -2.26. The monoisotopic (exact) mass is 400 g/mol. The highest BCUT2D eigenvalue weighted by Crippen LogP contribution is 2.35. The quantitative estimate of drug-likeness (QED) is 0.709. The molecule has 0 aliphatic carbocycles. The maximum atomic E-state index is 12.9. The minimum absolute atomic E-state index is 0.136. The number of furan rings is 2. The van der Waals surface area contributed by atoms with Crippen molar-refractivity contribution in [2.45, 2.75) is 12.5 Å². The van der Waals surface area contributed by atoms with Gasteiger partial charge in [-0.25, -0.2) is 5.01 Å². The Kier molecular flexibility index (Phi) is 3.93. The van der Waals surface area contributed by atoms with E-state index in [2.05, 4.69) is 21.0 Å². The highest BCUT2D eigenvalue weighted by Gasteiger charge is 2.35. The summed E-state index contributed by atoms with van der Waals surface area (Å²) in [6.07, 6.45) is 2.04. The van der Waals surface area contributed by atoms with Crippen LogP contribution in [0, 0.1) is 0 Å². The van der Waals surface area contributed by atoms with Crippen molar-refractivity contribution in [2.24, 2.45) is 5.10 Å². The van der Waals surface area contributed by atoms with Crippen molar-refractivity contribution in [3.05, 3.63) is 76.5 Å². The Morgan fingerprint density at radius 2 is 2.12 bits per heavy atom. The van der Waals surface area contributed by atoms with E-state index < -0.39 is 0 Å². The summed E-state index contributed by atoms with van der Waals surface area (Å²) in [5, 5.41) is 15.6. The minimum Gasteiger partial charge on any atom is -0.508 e. The molecule has 0 saturated carbocycles. The predicted octanol–water partition coefficient (Wildman–Crippen LogP) is 4.33. The number of carbonyl (C=O) groups excluding carboxylic acids is 1. The van der Waals surface area contributed by atoms with Gasteiger partial charge in [-0.2, -0.15) is 5.10 Å². The van der Waals surface area contributed by atoms with E-state index >= 15 is 0 Å².